The Morgan fingerprint density at radius 2 is 1.83 bits per heavy atom. The molecule has 5 rings (SSSR count). The minimum atomic E-state index is -0.429. The number of aromatic nitrogens is 5. The summed E-state index contributed by atoms with van der Waals surface area (Å²) in [7, 11) is 0. The van der Waals surface area contributed by atoms with E-state index in [2.05, 4.69) is 27.3 Å². The summed E-state index contributed by atoms with van der Waals surface area (Å²) in [6, 6.07) is 16.9. The largest absolute Gasteiger partial charge is 0.493 e. The summed E-state index contributed by atoms with van der Waals surface area (Å²) < 4.78 is 12.7. The van der Waals surface area contributed by atoms with Crippen LogP contribution in [-0.4, -0.2) is 30.0 Å². The lowest BCUT2D eigenvalue weighted by atomic mass is 10.1. The van der Waals surface area contributed by atoms with Crippen LogP contribution in [0, 0.1) is 0 Å². The van der Waals surface area contributed by atoms with E-state index in [4.69, 9.17) is 8.94 Å². The molecule has 2 aromatic carbocycles. The molecule has 3 aromatic heterocycles. The number of fused-ring (bicyclic) bond motifs is 1. The summed E-state index contributed by atoms with van der Waals surface area (Å²) in [5, 5.41) is 23.8. The fourth-order valence-corrected chi connectivity index (χ4v) is 4.18. The highest BCUT2D eigenvalue weighted by Gasteiger charge is 2.25. The van der Waals surface area contributed by atoms with Gasteiger partial charge in [-0.1, -0.05) is 61.0 Å². The molecule has 5 aromatic rings. The first-order chi connectivity index (χ1) is 17.1. The number of hydrogen-bond donors (Lipinski definition) is 1. The van der Waals surface area contributed by atoms with E-state index in [0.717, 1.165) is 23.8 Å². The van der Waals surface area contributed by atoms with Crippen LogP contribution in [0.1, 0.15) is 55.7 Å². The molecule has 1 atom stereocenters. The zero-order valence-electron chi connectivity index (χ0n) is 19.5. The number of aromatic hydroxyl groups is 1. The lowest BCUT2D eigenvalue weighted by Gasteiger charge is -2.20. The van der Waals surface area contributed by atoms with Crippen LogP contribution in [0.2, 0.25) is 0 Å². The molecule has 0 saturated carbocycles. The van der Waals surface area contributed by atoms with Gasteiger partial charge in [-0.25, -0.2) is 0 Å². The second-order valence-corrected chi connectivity index (χ2v) is 8.40. The summed E-state index contributed by atoms with van der Waals surface area (Å²) in [4.78, 5) is 18.1. The van der Waals surface area contributed by atoms with Crippen molar-refractivity contribution < 1.29 is 14.0 Å². The number of nitrogens with zero attached hydrogens (tertiary/aromatic N) is 5. The van der Waals surface area contributed by atoms with Crippen molar-refractivity contribution in [2.24, 2.45) is 0 Å². The first-order valence-corrected chi connectivity index (χ1v) is 11.6. The Labute approximate surface area is 201 Å². The van der Waals surface area contributed by atoms with E-state index in [9.17, 15) is 9.90 Å². The van der Waals surface area contributed by atoms with Crippen LogP contribution in [0.25, 0.3) is 22.4 Å². The van der Waals surface area contributed by atoms with Gasteiger partial charge >= 0.3 is 0 Å². The highest BCUT2D eigenvalue weighted by atomic mass is 16.5. The predicted molar refractivity (Wildman–Crippen MR) is 129 cm³/mol. The van der Waals surface area contributed by atoms with Crippen molar-refractivity contribution in [2.75, 3.05) is 0 Å². The van der Waals surface area contributed by atoms with E-state index in [1.54, 1.807) is 4.57 Å². The molecule has 0 saturated heterocycles. The van der Waals surface area contributed by atoms with E-state index in [1.165, 1.54) is 0 Å². The van der Waals surface area contributed by atoms with Gasteiger partial charge in [0, 0.05) is 11.8 Å². The van der Waals surface area contributed by atoms with Gasteiger partial charge in [0.25, 0.3) is 11.4 Å². The van der Waals surface area contributed by atoms with Gasteiger partial charge in [0.1, 0.15) is 11.5 Å². The monoisotopic (exact) mass is 471 g/mol. The predicted octanol–water partition coefficient (Wildman–Crippen LogP) is 4.68. The molecule has 0 amide bonds. The molecular weight excluding hydrogens is 446 g/mol. The third-order valence-corrected chi connectivity index (χ3v) is 6.04. The Balaban J connectivity index is 1.55. The van der Waals surface area contributed by atoms with Crippen molar-refractivity contribution in [2.45, 2.75) is 45.6 Å². The van der Waals surface area contributed by atoms with E-state index < -0.39 is 11.4 Å². The van der Waals surface area contributed by atoms with E-state index in [1.807, 2.05) is 61.5 Å². The second kappa shape index (κ2) is 9.54. The Kier molecular flexibility index (Phi) is 6.13. The third-order valence-electron chi connectivity index (χ3n) is 6.04. The van der Waals surface area contributed by atoms with Crippen molar-refractivity contribution in [3.63, 3.8) is 0 Å². The zero-order chi connectivity index (χ0) is 24.4. The van der Waals surface area contributed by atoms with E-state index >= 15 is 0 Å². The molecule has 9 heteroatoms. The third kappa shape index (κ3) is 4.32. The lowest BCUT2D eigenvalue weighted by Crippen LogP contribution is -2.30. The lowest BCUT2D eigenvalue weighted by molar-refractivity contribution is 0.429. The maximum Gasteiger partial charge on any atom is 0.270 e. The average Bonchev–Trinajstić information content (AvgIpc) is 3.50. The smallest absolute Gasteiger partial charge is 0.270 e. The van der Waals surface area contributed by atoms with Crippen molar-refractivity contribution in [3.8, 4) is 17.3 Å². The number of para-hydroxylation sites is 1. The average molecular weight is 472 g/mol. The van der Waals surface area contributed by atoms with Gasteiger partial charge in [-0.15, -0.1) is 10.2 Å². The number of aryl methyl sites for hydroxylation is 1. The van der Waals surface area contributed by atoms with Crippen LogP contribution < -0.4 is 5.56 Å². The molecule has 0 spiro atoms. The number of unbranched alkanes of at least 4 members (excludes halogenated alkanes) is 1. The van der Waals surface area contributed by atoms with Crippen LogP contribution in [-0.2, 0) is 12.8 Å². The minimum Gasteiger partial charge on any atom is -0.493 e. The topological polar surface area (TPSA) is 120 Å². The van der Waals surface area contributed by atoms with E-state index in [0.29, 0.717) is 23.5 Å². The van der Waals surface area contributed by atoms with Gasteiger partial charge in [-0.3, -0.25) is 9.36 Å². The van der Waals surface area contributed by atoms with Crippen molar-refractivity contribution in [1.29, 1.82) is 0 Å². The highest BCUT2D eigenvalue weighted by Crippen LogP contribution is 2.28. The van der Waals surface area contributed by atoms with E-state index in [-0.39, 0.29) is 29.8 Å². The molecule has 178 valence electrons. The molecule has 0 aliphatic rings. The van der Waals surface area contributed by atoms with Crippen molar-refractivity contribution >= 4 is 11.0 Å². The number of rotatable bonds is 8. The van der Waals surface area contributed by atoms with Crippen molar-refractivity contribution in [3.05, 3.63) is 87.9 Å². The van der Waals surface area contributed by atoms with Crippen LogP contribution in [0.4, 0.5) is 0 Å². The second-order valence-electron chi connectivity index (χ2n) is 8.40. The summed E-state index contributed by atoms with van der Waals surface area (Å²) in [5.74, 6) is 0.261. The van der Waals surface area contributed by atoms with Crippen LogP contribution in [0.5, 0.6) is 5.88 Å². The van der Waals surface area contributed by atoms with Gasteiger partial charge < -0.3 is 14.0 Å². The fraction of sp³-hybridized carbons (Fsp3) is 0.269. The van der Waals surface area contributed by atoms with Gasteiger partial charge in [-0.05, 0) is 31.0 Å². The Hall–Kier alpha value is -4.27. The van der Waals surface area contributed by atoms with Gasteiger partial charge in [0.15, 0.2) is 11.1 Å². The highest BCUT2D eigenvalue weighted by molar-refractivity contribution is 5.79. The molecular formula is C26H25N5O4. The molecule has 1 unspecified atom stereocenters. The van der Waals surface area contributed by atoms with Crippen LogP contribution in [0.3, 0.4) is 0 Å². The van der Waals surface area contributed by atoms with Crippen LogP contribution >= 0.6 is 0 Å². The molecule has 35 heavy (non-hydrogen) atoms. The molecule has 0 fully saturated rings. The SMILES string of the molecule is CCCCc1nc(O)c(-c2nnc(Cc3noc4ccccc34)o2)c(=O)n1C(C)c1ccccc1. The van der Waals surface area contributed by atoms with Gasteiger partial charge in [0.05, 0.1) is 12.5 Å². The fourth-order valence-electron chi connectivity index (χ4n) is 4.18. The first-order valence-electron chi connectivity index (χ1n) is 11.6. The van der Waals surface area contributed by atoms with Crippen LogP contribution in [0.15, 0.2) is 68.3 Å². The number of benzene rings is 2. The molecule has 1 N–H and O–H groups in total. The molecule has 0 bridgehead atoms. The zero-order valence-corrected chi connectivity index (χ0v) is 19.5. The molecule has 0 aliphatic heterocycles. The molecule has 9 nitrogen and oxygen atoms in total. The number of hydrogen-bond acceptors (Lipinski definition) is 8. The maximum atomic E-state index is 13.7. The summed E-state index contributed by atoms with van der Waals surface area (Å²) in [5.41, 5.74) is 1.71. The molecule has 3 heterocycles. The summed E-state index contributed by atoms with van der Waals surface area (Å²) in [6.07, 6.45) is 2.55. The van der Waals surface area contributed by atoms with Gasteiger partial charge in [0.2, 0.25) is 11.8 Å². The standard InChI is InChI=1S/C26H25N5O4/c1-3-4-14-21-27-24(32)23(26(33)31(21)16(2)17-10-6-5-7-11-17)25-29-28-22(34-25)15-19-18-12-8-9-13-20(18)35-30-19/h5-13,16,32H,3-4,14-15H2,1-2H3. The quantitative estimate of drug-likeness (QED) is 0.346. The first kappa shape index (κ1) is 22.5. The Morgan fingerprint density at radius 1 is 1.06 bits per heavy atom. The maximum absolute atomic E-state index is 13.7. The molecule has 0 aliphatic carbocycles. The Morgan fingerprint density at radius 3 is 2.63 bits per heavy atom. The van der Waals surface area contributed by atoms with Gasteiger partial charge in [-0.2, -0.15) is 4.98 Å². The summed E-state index contributed by atoms with van der Waals surface area (Å²) >= 11 is 0. The Bertz CT molecular complexity index is 1520. The molecule has 0 radical (unpaired) electrons. The summed E-state index contributed by atoms with van der Waals surface area (Å²) in [6.45, 7) is 4.00. The normalized spacial score (nSPS) is 12.3. The van der Waals surface area contributed by atoms with Crippen molar-refractivity contribution in [1.82, 2.24) is 24.9 Å². The minimum absolute atomic E-state index is 0.0844.